The summed E-state index contributed by atoms with van der Waals surface area (Å²) in [5.41, 5.74) is -3.64. The molecule has 0 atom stereocenters. The van der Waals surface area contributed by atoms with Crippen LogP contribution < -0.4 is 15.6 Å². The molecule has 2 rings (SSSR count). The summed E-state index contributed by atoms with van der Waals surface area (Å²) in [6, 6.07) is 4.62. The van der Waals surface area contributed by atoms with Crippen molar-refractivity contribution in [1.82, 2.24) is 4.57 Å². The number of halogens is 4. The molecule has 0 unspecified atom stereocenters. The second-order valence-electron chi connectivity index (χ2n) is 11.5. The van der Waals surface area contributed by atoms with Crippen molar-refractivity contribution in [3.8, 4) is 5.75 Å². The second kappa shape index (κ2) is 14.1. The predicted molar refractivity (Wildman–Crippen MR) is 159 cm³/mol. The summed E-state index contributed by atoms with van der Waals surface area (Å²) in [4.78, 5) is 25.9. The fraction of sp³-hybridized carbons (Fsp3) is 0.400. The lowest BCUT2D eigenvalue weighted by molar-refractivity contribution is -0.137. The number of phosphoric acid groups is 1. The molecule has 14 heteroatoms. The molecular formula is C30H37F4N2O7P. The van der Waals surface area contributed by atoms with Crippen LogP contribution in [0.4, 0.5) is 23.2 Å². The largest absolute Gasteiger partial charge is 0.477 e. The molecule has 1 aromatic heterocycles. The third kappa shape index (κ3) is 11.5. The minimum absolute atomic E-state index is 0.00164. The molecule has 0 fully saturated rings. The summed E-state index contributed by atoms with van der Waals surface area (Å²) in [5, 5.41) is 2.45. The van der Waals surface area contributed by atoms with Crippen LogP contribution in [-0.2, 0) is 31.0 Å². The van der Waals surface area contributed by atoms with Gasteiger partial charge in [-0.2, -0.15) is 13.2 Å². The molecule has 2 aromatic rings. The lowest BCUT2D eigenvalue weighted by atomic mass is 10.1. The number of pyridine rings is 1. The highest BCUT2D eigenvalue weighted by molar-refractivity contribution is 7.48. The molecule has 0 aliphatic rings. The van der Waals surface area contributed by atoms with Crippen LogP contribution in [0.2, 0.25) is 0 Å². The highest BCUT2D eigenvalue weighted by Gasteiger charge is 2.37. The van der Waals surface area contributed by atoms with E-state index in [2.05, 4.69) is 11.9 Å². The number of benzene rings is 1. The van der Waals surface area contributed by atoms with E-state index in [0.29, 0.717) is 12.1 Å². The van der Waals surface area contributed by atoms with E-state index in [1.807, 2.05) is 0 Å². The van der Waals surface area contributed by atoms with Crippen molar-refractivity contribution in [2.75, 3.05) is 5.32 Å². The van der Waals surface area contributed by atoms with Crippen LogP contribution in [0.5, 0.6) is 5.75 Å². The van der Waals surface area contributed by atoms with Crippen molar-refractivity contribution in [2.45, 2.75) is 79.5 Å². The van der Waals surface area contributed by atoms with Crippen molar-refractivity contribution >= 4 is 19.4 Å². The number of alkyl halides is 3. The maximum atomic E-state index is 13.5. The standard InChI is InChI=1S/C30H37F4N2O7P/c1-10-24(19(2)15-20(3)31)41-25-16-21(30(32,33)34)11-12-23(25)27(38)35-22-13-14-36(26(37)17-22)18-40-44(39,42-28(4,5)6)43-29(7,8)9/h10-17H,3,18H2,1-2,4-9H3,(H,35,38)/b19-15-,24-10+. The maximum absolute atomic E-state index is 13.5. The Kier molecular flexibility index (Phi) is 11.7. The van der Waals surface area contributed by atoms with Gasteiger partial charge in [-0.25, -0.2) is 8.96 Å². The van der Waals surface area contributed by atoms with Gasteiger partial charge >= 0.3 is 14.0 Å². The molecule has 1 aromatic carbocycles. The first-order valence-electron chi connectivity index (χ1n) is 13.3. The molecule has 0 bridgehead atoms. The maximum Gasteiger partial charge on any atom is 0.477 e. The topological polar surface area (TPSA) is 105 Å². The number of allylic oxidation sites excluding steroid dienone is 4. The lowest BCUT2D eigenvalue weighted by Crippen LogP contribution is -2.26. The van der Waals surface area contributed by atoms with Crippen LogP contribution >= 0.6 is 7.82 Å². The summed E-state index contributed by atoms with van der Waals surface area (Å²) in [6.45, 7) is 15.5. The Morgan fingerprint density at radius 2 is 1.64 bits per heavy atom. The number of aromatic nitrogens is 1. The zero-order chi connectivity index (χ0) is 33.7. The van der Waals surface area contributed by atoms with Crippen molar-refractivity contribution in [3.63, 3.8) is 0 Å². The molecule has 1 N–H and O–H groups in total. The molecule has 0 spiro atoms. The number of amides is 1. The summed E-state index contributed by atoms with van der Waals surface area (Å²) >= 11 is 0. The van der Waals surface area contributed by atoms with E-state index in [4.69, 9.17) is 18.3 Å². The van der Waals surface area contributed by atoms with E-state index in [0.717, 1.165) is 22.8 Å². The molecule has 9 nitrogen and oxygen atoms in total. The second-order valence-corrected chi connectivity index (χ2v) is 13.0. The van der Waals surface area contributed by atoms with Crippen molar-refractivity contribution in [2.24, 2.45) is 0 Å². The van der Waals surface area contributed by atoms with Crippen molar-refractivity contribution in [3.05, 3.63) is 93.9 Å². The van der Waals surface area contributed by atoms with E-state index in [-0.39, 0.29) is 22.6 Å². The number of nitrogens with zero attached hydrogens (tertiary/aromatic N) is 1. The molecule has 1 amide bonds. The van der Waals surface area contributed by atoms with Gasteiger partial charge in [0.15, 0.2) is 0 Å². The highest BCUT2D eigenvalue weighted by Crippen LogP contribution is 2.55. The number of anilines is 1. The number of carbonyl (C=O) groups is 1. The van der Waals surface area contributed by atoms with Gasteiger partial charge in [-0.3, -0.25) is 27.7 Å². The van der Waals surface area contributed by atoms with Gasteiger partial charge in [0.2, 0.25) is 0 Å². The Hall–Kier alpha value is -3.51. The van der Waals surface area contributed by atoms with Gasteiger partial charge in [0.25, 0.3) is 11.5 Å². The first-order chi connectivity index (χ1) is 20.0. The number of carbonyl (C=O) groups excluding carboxylic acids is 1. The quantitative estimate of drug-likeness (QED) is 0.113. The molecule has 44 heavy (non-hydrogen) atoms. The van der Waals surface area contributed by atoms with Crippen LogP contribution in [0.1, 0.15) is 71.3 Å². The molecule has 0 radical (unpaired) electrons. The number of rotatable bonds is 11. The fourth-order valence-electron chi connectivity index (χ4n) is 3.53. The van der Waals surface area contributed by atoms with Gasteiger partial charge in [-0.05, 0) is 97.4 Å². The monoisotopic (exact) mass is 644 g/mol. The number of hydrogen-bond acceptors (Lipinski definition) is 7. The fourth-order valence-corrected chi connectivity index (χ4v) is 5.28. The highest BCUT2D eigenvalue weighted by atomic mass is 31.2. The SMILES string of the molecule is C=C(F)/C=C(C)\C(=C/C)Oc1cc(C(F)(F)F)ccc1C(=O)Nc1ccn(COP(=O)(OC(C)(C)C)OC(C)(C)C)c(=O)c1. The Balaban J connectivity index is 2.35. The minimum Gasteiger partial charge on any atom is -0.457 e. The van der Waals surface area contributed by atoms with Gasteiger partial charge in [0.1, 0.15) is 24.1 Å². The zero-order valence-corrected chi connectivity index (χ0v) is 26.7. The summed E-state index contributed by atoms with van der Waals surface area (Å²) in [7, 11) is -4.13. The average Bonchev–Trinajstić information content (AvgIpc) is 2.83. The Bertz CT molecular complexity index is 1530. The molecule has 242 valence electrons. The number of phosphoric ester groups is 1. The average molecular weight is 645 g/mol. The molecule has 0 aliphatic carbocycles. The summed E-state index contributed by atoms with van der Waals surface area (Å²) in [6.07, 6.45) is -1.09. The minimum atomic E-state index is -4.74. The van der Waals surface area contributed by atoms with Crippen LogP contribution in [0, 0.1) is 0 Å². The zero-order valence-electron chi connectivity index (χ0n) is 25.8. The molecule has 0 saturated carbocycles. The van der Waals surface area contributed by atoms with Crippen LogP contribution in [0.3, 0.4) is 0 Å². The predicted octanol–water partition coefficient (Wildman–Crippen LogP) is 8.54. The smallest absolute Gasteiger partial charge is 0.457 e. The van der Waals surface area contributed by atoms with E-state index in [1.165, 1.54) is 32.2 Å². The Labute approximate surface area is 253 Å². The Morgan fingerprint density at radius 3 is 2.11 bits per heavy atom. The van der Waals surface area contributed by atoms with Crippen molar-refractivity contribution < 1.29 is 45.2 Å². The first-order valence-corrected chi connectivity index (χ1v) is 14.7. The first kappa shape index (κ1) is 36.7. The van der Waals surface area contributed by atoms with Gasteiger partial charge in [-0.1, -0.05) is 6.58 Å². The van der Waals surface area contributed by atoms with E-state index in [1.54, 1.807) is 41.5 Å². The van der Waals surface area contributed by atoms with Gasteiger partial charge in [0.05, 0.1) is 22.3 Å². The van der Waals surface area contributed by atoms with E-state index < -0.39 is 60.5 Å². The molecule has 0 aliphatic heterocycles. The molecule has 0 saturated heterocycles. The van der Waals surface area contributed by atoms with E-state index >= 15 is 0 Å². The van der Waals surface area contributed by atoms with Crippen LogP contribution in [0.15, 0.2) is 77.2 Å². The van der Waals surface area contributed by atoms with Gasteiger partial charge in [0, 0.05) is 18.0 Å². The normalized spacial score (nSPS) is 13.5. The number of nitrogens with one attached hydrogen (secondary N) is 1. The van der Waals surface area contributed by atoms with Crippen molar-refractivity contribution in [1.29, 1.82) is 0 Å². The number of ether oxygens (including phenoxy) is 1. The van der Waals surface area contributed by atoms with Crippen LogP contribution in [0.25, 0.3) is 0 Å². The Morgan fingerprint density at radius 1 is 1.05 bits per heavy atom. The summed E-state index contributed by atoms with van der Waals surface area (Å²) < 4.78 is 90.1. The molecular weight excluding hydrogens is 607 g/mol. The molecule has 1 heterocycles. The third-order valence-electron chi connectivity index (χ3n) is 5.18. The summed E-state index contributed by atoms with van der Waals surface area (Å²) in [5.74, 6) is -2.17. The third-order valence-corrected chi connectivity index (χ3v) is 7.15. The van der Waals surface area contributed by atoms with Crippen LogP contribution in [-0.4, -0.2) is 21.7 Å². The number of hydrogen-bond donors (Lipinski definition) is 1. The van der Waals surface area contributed by atoms with Gasteiger partial charge < -0.3 is 10.1 Å². The van der Waals surface area contributed by atoms with E-state index in [9.17, 15) is 31.7 Å². The lowest BCUT2D eigenvalue weighted by Gasteiger charge is -2.30. The van der Waals surface area contributed by atoms with Gasteiger partial charge in [-0.15, -0.1) is 0 Å².